The number of rotatable bonds is 7. The molecule has 0 amide bonds. The van der Waals surface area contributed by atoms with Crippen molar-refractivity contribution in [1.29, 1.82) is 0 Å². The van der Waals surface area contributed by atoms with Gasteiger partial charge in [-0.2, -0.15) is 0 Å². The van der Waals surface area contributed by atoms with Crippen molar-refractivity contribution in [3.8, 4) is 0 Å². The number of hydrogen-bond acceptors (Lipinski definition) is 2. The third kappa shape index (κ3) is 7.22. The van der Waals surface area contributed by atoms with E-state index in [4.69, 9.17) is 9.47 Å². The molecule has 0 fully saturated rings. The topological polar surface area (TPSA) is 18.5 Å². The van der Waals surface area contributed by atoms with E-state index in [0.717, 1.165) is 12.2 Å². The molecule has 2 nitrogen and oxygen atoms in total. The molecule has 0 aromatic rings. The molecule has 0 rings (SSSR count). The van der Waals surface area contributed by atoms with Gasteiger partial charge in [0, 0.05) is 0 Å². The molecular weight excluding hydrogens is 176 g/mol. The Kier molecular flexibility index (Phi) is 8.65. The Labute approximate surface area is 86.2 Å². The summed E-state index contributed by atoms with van der Waals surface area (Å²) in [6, 6.07) is 0. The van der Waals surface area contributed by atoms with Crippen LogP contribution in [0.2, 0.25) is 0 Å². The predicted octanol–water partition coefficient (Wildman–Crippen LogP) is 3.20. The van der Waals surface area contributed by atoms with Crippen LogP contribution >= 0.6 is 0 Å². The Morgan fingerprint density at radius 3 is 2.79 bits per heavy atom. The van der Waals surface area contributed by atoms with Gasteiger partial charge in [-0.05, 0) is 25.5 Å². The van der Waals surface area contributed by atoms with Crippen LogP contribution in [0.1, 0.15) is 13.3 Å². The van der Waals surface area contributed by atoms with Crippen molar-refractivity contribution in [2.45, 2.75) is 13.3 Å². The van der Waals surface area contributed by atoms with Gasteiger partial charge in [0.1, 0.15) is 5.76 Å². The second-order valence-corrected chi connectivity index (χ2v) is 2.54. The molecule has 0 radical (unpaired) electrons. The Balaban J connectivity index is 3.69. The van der Waals surface area contributed by atoms with Crippen LogP contribution in [0.25, 0.3) is 0 Å². The van der Waals surface area contributed by atoms with Crippen molar-refractivity contribution in [2.75, 3.05) is 13.7 Å². The molecular formula is C12H18O2. The first-order chi connectivity index (χ1) is 6.85. The van der Waals surface area contributed by atoms with Gasteiger partial charge in [0.25, 0.3) is 0 Å². The summed E-state index contributed by atoms with van der Waals surface area (Å²) >= 11 is 0. The van der Waals surface area contributed by atoms with E-state index < -0.39 is 0 Å². The molecule has 0 bridgehead atoms. The van der Waals surface area contributed by atoms with Crippen molar-refractivity contribution in [3.05, 3.63) is 49.0 Å². The molecule has 0 heterocycles. The maximum absolute atomic E-state index is 5.15. The van der Waals surface area contributed by atoms with Crippen LogP contribution < -0.4 is 0 Å². The van der Waals surface area contributed by atoms with Crippen LogP contribution in [-0.4, -0.2) is 13.7 Å². The predicted molar refractivity (Wildman–Crippen MR) is 59.8 cm³/mol. The molecule has 0 unspecified atom stereocenters. The summed E-state index contributed by atoms with van der Waals surface area (Å²) < 4.78 is 10.2. The smallest absolute Gasteiger partial charge is 0.118 e. The Bertz CT molecular complexity index is 224. The van der Waals surface area contributed by atoms with Crippen LogP contribution in [0.15, 0.2) is 49.0 Å². The molecule has 2 heteroatoms. The maximum atomic E-state index is 5.15. The number of methoxy groups -OCH3 is 1. The summed E-state index contributed by atoms with van der Waals surface area (Å²) in [5, 5.41) is 0. The third-order valence-corrected chi connectivity index (χ3v) is 1.43. The molecule has 0 atom stereocenters. The van der Waals surface area contributed by atoms with E-state index in [1.165, 1.54) is 0 Å². The van der Waals surface area contributed by atoms with Crippen molar-refractivity contribution >= 4 is 0 Å². The van der Waals surface area contributed by atoms with E-state index in [-0.39, 0.29) is 0 Å². The highest BCUT2D eigenvalue weighted by Gasteiger charge is 1.85. The monoisotopic (exact) mass is 194 g/mol. The molecule has 14 heavy (non-hydrogen) atoms. The van der Waals surface area contributed by atoms with Crippen molar-refractivity contribution in [2.24, 2.45) is 0 Å². The van der Waals surface area contributed by atoms with E-state index in [9.17, 15) is 0 Å². The quantitative estimate of drug-likeness (QED) is 0.352. The number of hydrogen-bond donors (Lipinski definition) is 0. The van der Waals surface area contributed by atoms with E-state index in [1.54, 1.807) is 19.4 Å². The van der Waals surface area contributed by atoms with E-state index >= 15 is 0 Å². The second kappa shape index (κ2) is 9.65. The maximum Gasteiger partial charge on any atom is 0.118 e. The molecule has 0 aliphatic heterocycles. The lowest BCUT2D eigenvalue weighted by atomic mass is 10.3. The largest absolute Gasteiger partial charge is 0.501 e. The van der Waals surface area contributed by atoms with Crippen LogP contribution in [-0.2, 0) is 9.47 Å². The van der Waals surface area contributed by atoms with Gasteiger partial charge in [0.05, 0.1) is 20.0 Å². The SMILES string of the molecule is C=C/C=C(\C=C/CCO/C=C/C)OC. The van der Waals surface area contributed by atoms with Crippen LogP contribution in [0.4, 0.5) is 0 Å². The summed E-state index contributed by atoms with van der Waals surface area (Å²) in [4.78, 5) is 0. The van der Waals surface area contributed by atoms with Gasteiger partial charge in [-0.25, -0.2) is 0 Å². The fraction of sp³-hybridized carbons (Fsp3) is 0.333. The van der Waals surface area contributed by atoms with Crippen molar-refractivity contribution in [3.63, 3.8) is 0 Å². The highest BCUT2D eigenvalue weighted by atomic mass is 16.5. The highest BCUT2D eigenvalue weighted by molar-refractivity contribution is 5.16. The van der Waals surface area contributed by atoms with Crippen molar-refractivity contribution in [1.82, 2.24) is 0 Å². The Morgan fingerprint density at radius 1 is 1.43 bits per heavy atom. The average molecular weight is 194 g/mol. The van der Waals surface area contributed by atoms with Crippen LogP contribution in [0.3, 0.4) is 0 Å². The molecule has 0 aliphatic rings. The molecule has 78 valence electrons. The van der Waals surface area contributed by atoms with Gasteiger partial charge in [0.2, 0.25) is 0 Å². The Morgan fingerprint density at radius 2 is 2.21 bits per heavy atom. The minimum atomic E-state index is 0.686. The standard InChI is InChI=1S/C12H18O2/c1-4-8-12(13-3)9-6-7-11-14-10-5-2/h4-6,8-10H,1,7,11H2,2-3H3/b9-6-,10-5+,12-8+. The minimum Gasteiger partial charge on any atom is -0.501 e. The van der Waals surface area contributed by atoms with Crippen molar-refractivity contribution < 1.29 is 9.47 Å². The zero-order chi connectivity index (χ0) is 10.6. The molecule has 0 saturated heterocycles. The zero-order valence-electron chi connectivity index (χ0n) is 8.90. The van der Waals surface area contributed by atoms with Gasteiger partial charge in [0.15, 0.2) is 0 Å². The lowest BCUT2D eigenvalue weighted by molar-refractivity contribution is 0.255. The molecule has 0 spiro atoms. The fourth-order valence-corrected chi connectivity index (χ4v) is 0.808. The molecule has 0 N–H and O–H groups in total. The van der Waals surface area contributed by atoms with Gasteiger partial charge >= 0.3 is 0 Å². The third-order valence-electron chi connectivity index (χ3n) is 1.43. The second-order valence-electron chi connectivity index (χ2n) is 2.54. The fourth-order valence-electron chi connectivity index (χ4n) is 0.808. The van der Waals surface area contributed by atoms with Gasteiger partial charge < -0.3 is 9.47 Å². The molecule has 0 saturated carbocycles. The van der Waals surface area contributed by atoms with Crippen LogP contribution in [0.5, 0.6) is 0 Å². The van der Waals surface area contributed by atoms with Gasteiger partial charge in [-0.1, -0.05) is 24.8 Å². The summed E-state index contributed by atoms with van der Waals surface area (Å²) in [7, 11) is 1.63. The van der Waals surface area contributed by atoms with E-state index in [0.29, 0.717) is 6.61 Å². The van der Waals surface area contributed by atoms with Gasteiger partial charge in [-0.3, -0.25) is 0 Å². The molecule has 0 aromatic carbocycles. The highest BCUT2D eigenvalue weighted by Crippen LogP contribution is 1.99. The van der Waals surface area contributed by atoms with E-state index in [1.807, 2.05) is 31.2 Å². The average Bonchev–Trinajstić information content (AvgIpc) is 2.21. The summed E-state index contributed by atoms with van der Waals surface area (Å²) in [6.45, 7) is 6.20. The van der Waals surface area contributed by atoms with E-state index in [2.05, 4.69) is 6.58 Å². The number of allylic oxidation sites excluding steroid dienone is 4. The van der Waals surface area contributed by atoms with Crippen LogP contribution in [0, 0.1) is 0 Å². The number of ether oxygens (including phenoxy) is 2. The Hall–Kier alpha value is -1.44. The normalized spacial score (nSPS) is 12.3. The summed E-state index contributed by atoms with van der Waals surface area (Å²) in [6.07, 6.45) is 11.8. The summed E-state index contributed by atoms with van der Waals surface area (Å²) in [5.41, 5.74) is 0. The first kappa shape index (κ1) is 12.6. The molecule has 0 aliphatic carbocycles. The minimum absolute atomic E-state index is 0.686. The first-order valence-corrected chi connectivity index (χ1v) is 4.61. The molecule has 0 aromatic heterocycles. The zero-order valence-corrected chi connectivity index (χ0v) is 8.90. The summed E-state index contributed by atoms with van der Waals surface area (Å²) in [5.74, 6) is 0.797. The first-order valence-electron chi connectivity index (χ1n) is 4.61. The lowest BCUT2D eigenvalue weighted by Crippen LogP contribution is -1.85. The lowest BCUT2D eigenvalue weighted by Gasteiger charge is -1.98. The van der Waals surface area contributed by atoms with Gasteiger partial charge in [-0.15, -0.1) is 0 Å².